The highest BCUT2D eigenvalue weighted by molar-refractivity contribution is 6.30. The van der Waals surface area contributed by atoms with E-state index in [1.54, 1.807) is 7.11 Å². The normalized spacial score (nSPS) is 25.9. The van der Waals surface area contributed by atoms with Gasteiger partial charge in [0.1, 0.15) is 0 Å². The molecule has 1 aliphatic heterocycles. The van der Waals surface area contributed by atoms with Gasteiger partial charge < -0.3 is 10.1 Å². The van der Waals surface area contributed by atoms with Gasteiger partial charge in [0.2, 0.25) is 0 Å². The first kappa shape index (κ1) is 13.9. The summed E-state index contributed by atoms with van der Waals surface area (Å²) >= 11 is 6.11. The minimum Gasteiger partial charge on any atom is -0.384 e. The first-order valence-electron chi connectivity index (χ1n) is 6.67. The van der Waals surface area contributed by atoms with Crippen LogP contribution in [0.15, 0.2) is 24.3 Å². The van der Waals surface area contributed by atoms with Gasteiger partial charge in [0.15, 0.2) is 0 Å². The smallest absolute Gasteiger partial charge is 0.0490 e. The number of hydrogen-bond acceptors (Lipinski definition) is 2. The van der Waals surface area contributed by atoms with E-state index in [0.29, 0.717) is 17.8 Å². The molecule has 3 unspecified atom stereocenters. The van der Waals surface area contributed by atoms with E-state index in [2.05, 4.69) is 24.4 Å². The Labute approximate surface area is 115 Å². The maximum absolute atomic E-state index is 6.11. The number of rotatable bonds is 4. The molecular weight excluding hydrogens is 246 g/mol. The van der Waals surface area contributed by atoms with Crippen LogP contribution < -0.4 is 5.32 Å². The molecule has 2 nitrogen and oxygen atoms in total. The third-order valence-electron chi connectivity index (χ3n) is 3.97. The number of halogens is 1. The van der Waals surface area contributed by atoms with Crippen molar-refractivity contribution in [3.05, 3.63) is 34.9 Å². The lowest BCUT2D eigenvalue weighted by Gasteiger charge is -2.36. The standard InChI is InChI=1S/C15H22ClNO/c1-11(10-18-2)14-6-7-17-9-15(14)12-4-3-5-13(16)8-12/h3-5,8,11,14-15,17H,6-7,9-10H2,1-2H3. The molecule has 0 aliphatic carbocycles. The van der Waals surface area contributed by atoms with Crippen LogP contribution in [0.25, 0.3) is 0 Å². The lowest BCUT2D eigenvalue weighted by Crippen LogP contribution is -2.38. The third kappa shape index (κ3) is 3.25. The van der Waals surface area contributed by atoms with Crippen molar-refractivity contribution in [2.24, 2.45) is 11.8 Å². The van der Waals surface area contributed by atoms with Crippen LogP contribution in [0.3, 0.4) is 0 Å². The van der Waals surface area contributed by atoms with E-state index in [9.17, 15) is 0 Å². The SMILES string of the molecule is COCC(C)C1CCNCC1c1cccc(Cl)c1. The number of ether oxygens (including phenoxy) is 1. The molecular formula is C15H22ClNO. The molecule has 0 spiro atoms. The van der Waals surface area contributed by atoms with Crippen LogP contribution in [0.2, 0.25) is 5.02 Å². The van der Waals surface area contributed by atoms with E-state index >= 15 is 0 Å². The minimum absolute atomic E-state index is 0.544. The van der Waals surface area contributed by atoms with Crippen molar-refractivity contribution < 1.29 is 4.74 Å². The molecule has 0 bridgehead atoms. The summed E-state index contributed by atoms with van der Waals surface area (Å²) in [5.74, 6) is 1.80. The molecule has 0 saturated carbocycles. The first-order chi connectivity index (χ1) is 8.72. The lowest BCUT2D eigenvalue weighted by atomic mass is 9.75. The molecule has 0 amide bonds. The summed E-state index contributed by atoms with van der Waals surface area (Å²) in [7, 11) is 1.78. The summed E-state index contributed by atoms with van der Waals surface area (Å²) in [6, 6.07) is 8.28. The average Bonchev–Trinajstić information content (AvgIpc) is 2.39. The summed E-state index contributed by atoms with van der Waals surface area (Å²) in [5.41, 5.74) is 1.35. The van der Waals surface area contributed by atoms with Crippen molar-refractivity contribution in [1.29, 1.82) is 0 Å². The fraction of sp³-hybridized carbons (Fsp3) is 0.600. The van der Waals surface area contributed by atoms with E-state index in [4.69, 9.17) is 16.3 Å². The Hall–Kier alpha value is -0.570. The Morgan fingerprint density at radius 1 is 1.50 bits per heavy atom. The zero-order valence-electron chi connectivity index (χ0n) is 11.2. The Morgan fingerprint density at radius 3 is 3.06 bits per heavy atom. The molecule has 3 heteroatoms. The predicted octanol–water partition coefficient (Wildman–Crippen LogP) is 3.32. The highest BCUT2D eigenvalue weighted by Crippen LogP contribution is 2.35. The second-order valence-corrected chi connectivity index (χ2v) is 5.69. The van der Waals surface area contributed by atoms with Gasteiger partial charge in [-0.3, -0.25) is 0 Å². The molecule has 1 aliphatic rings. The third-order valence-corrected chi connectivity index (χ3v) is 4.21. The van der Waals surface area contributed by atoms with E-state index in [-0.39, 0.29) is 0 Å². The monoisotopic (exact) mass is 267 g/mol. The first-order valence-corrected chi connectivity index (χ1v) is 7.05. The molecule has 1 saturated heterocycles. The molecule has 18 heavy (non-hydrogen) atoms. The summed E-state index contributed by atoms with van der Waals surface area (Å²) < 4.78 is 5.32. The number of nitrogens with one attached hydrogen (secondary N) is 1. The maximum Gasteiger partial charge on any atom is 0.0490 e. The van der Waals surface area contributed by atoms with Gasteiger partial charge in [-0.1, -0.05) is 30.7 Å². The highest BCUT2D eigenvalue weighted by Gasteiger charge is 2.30. The van der Waals surface area contributed by atoms with Gasteiger partial charge in [0.05, 0.1) is 0 Å². The van der Waals surface area contributed by atoms with Crippen LogP contribution in [-0.2, 0) is 4.74 Å². The van der Waals surface area contributed by atoms with Crippen LogP contribution >= 0.6 is 11.6 Å². The van der Waals surface area contributed by atoms with Crippen LogP contribution in [0.5, 0.6) is 0 Å². The number of methoxy groups -OCH3 is 1. The van der Waals surface area contributed by atoms with Crippen molar-refractivity contribution in [3.8, 4) is 0 Å². The zero-order valence-corrected chi connectivity index (χ0v) is 11.9. The van der Waals surface area contributed by atoms with Crippen molar-refractivity contribution >= 4 is 11.6 Å². The van der Waals surface area contributed by atoms with Crippen molar-refractivity contribution in [3.63, 3.8) is 0 Å². The molecule has 1 aromatic carbocycles. The van der Waals surface area contributed by atoms with Gasteiger partial charge in [-0.15, -0.1) is 0 Å². The summed E-state index contributed by atoms with van der Waals surface area (Å²) in [4.78, 5) is 0. The summed E-state index contributed by atoms with van der Waals surface area (Å²) in [5, 5.41) is 4.33. The van der Waals surface area contributed by atoms with Crippen molar-refractivity contribution in [2.45, 2.75) is 19.3 Å². The van der Waals surface area contributed by atoms with Crippen LogP contribution in [0.4, 0.5) is 0 Å². The lowest BCUT2D eigenvalue weighted by molar-refractivity contribution is 0.107. The Kier molecular flexibility index (Phi) is 5.04. The average molecular weight is 268 g/mol. The van der Waals surface area contributed by atoms with Crippen LogP contribution in [-0.4, -0.2) is 26.8 Å². The molecule has 1 heterocycles. The van der Waals surface area contributed by atoms with E-state index in [0.717, 1.165) is 24.7 Å². The summed E-state index contributed by atoms with van der Waals surface area (Å²) in [6.45, 7) is 5.27. The molecule has 3 atom stereocenters. The fourth-order valence-electron chi connectivity index (χ4n) is 3.05. The molecule has 1 aromatic rings. The highest BCUT2D eigenvalue weighted by atomic mass is 35.5. The van der Waals surface area contributed by atoms with E-state index in [1.165, 1.54) is 12.0 Å². The largest absolute Gasteiger partial charge is 0.384 e. The topological polar surface area (TPSA) is 21.3 Å². The van der Waals surface area contributed by atoms with Gasteiger partial charge in [-0.05, 0) is 48.4 Å². The number of piperidine rings is 1. The zero-order chi connectivity index (χ0) is 13.0. The minimum atomic E-state index is 0.544. The van der Waals surface area contributed by atoms with E-state index in [1.807, 2.05) is 12.1 Å². The van der Waals surface area contributed by atoms with Gasteiger partial charge in [0.25, 0.3) is 0 Å². The molecule has 100 valence electrons. The van der Waals surface area contributed by atoms with Gasteiger partial charge >= 0.3 is 0 Å². The molecule has 1 N–H and O–H groups in total. The van der Waals surface area contributed by atoms with Crippen LogP contribution in [0, 0.1) is 11.8 Å². The molecule has 1 fully saturated rings. The number of benzene rings is 1. The Bertz CT molecular complexity index is 383. The molecule has 0 radical (unpaired) electrons. The van der Waals surface area contributed by atoms with Gasteiger partial charge in [-0.25, -0.2) is 0 Å². The van der Waals surface area contributed by atoms with Crippen molar-refractivity contribution in [1.82, 2.24) is 5.32 Å². The number of hydrogen-bond donors (Lipinski definition) is 1. The second kappa shape index (κ2) is 6.55. The van der Waals surface area contributed by atoms with Crippen molar-refractivity contribution in [2.75, 3.05) is 26.8 Å². The summed E-state index contributed by atoms with van der Waals surface area (Å²) in [6.07, 6.45) is 1.21. The molecule has 0 aromatic heterocycles. The fourth-order valence-corrected chi connectivity index (χ4v) is 3.25. The van der Waals surface area contributed by atoms with Gasteiger partial charge in [0, 0.05) is 25.3 Å². The Morgan fingerprint density at radius 2 is 2.33 bits per heavy atom. The van der Waals surface area contributed by atoms with Crippen LogP contribution in [0.1, 0.15) is 24.8 Å². The quantitative estimate of drug-likeness (QED) is 0.904. The molecule has 2 rings (SSSR count). The van der Waals surface area contributed by atoms with E-state index < -0.39 is 0 Å². The second-order valence-electron chi connectivity index (χ2n) is 5.25. The predicted molar refractivity (Wildman–Crippen MR) is 76.2 cm³/mol. The van der Waals surface area contributed by atoms with Gasteiger partial charge in [-0.2, -0.15) is 0 Å². The maximum atomic E-state index is 6.11. The Balaban J connectivity index is 2.17.